The summed E-state index contributed by atoms with van der Waals surface area (Å²) in [4.78, 5) is 41.1. The first kappa shape index (κ1) is 24.3. The fourth-order valence-corrected chi connectivity index (χ4v) is 5.03. The normalized spacial score (nSPS) is 18.1. The SMILES string of the molecule is CC(C)(C)OC(=O)N1CCC(c2ccc3c(c2)N(c2cccc(Cl)c2C=O)C(=O)C3(C)C)CC1. The number of likely N-dealkylation sites (tertiary alicyclic amines) is 1. The molecule has 34 heavy (non-hydrogen) atoms. The highest BCUT2D eigenvalue weighted by molar-refractivity contribution is 6.34. The fraction of sp³-hybridized carbons (Fsp3) is 0.444. The third-order valence-electron chi connectivity index (χ3n) is 6.68. The molecule has 180 valence electrons. The van der Waals surface area contributed by atoms with E-state index in [0.29, 0.717) is 35.6 Å². The van der Waals surface area contributed by atoms with Gasteiger partial charge in [-0.15, -0.1) is 0 Å². The molecule has 1 fully saturated rings. The number of nitrogens with zero attached hydrogens (tertiary/aromatic N) is 2. The lowest BCUT2D eigenvalue weighted by Crippen LogP contribution is -2.41. The quantitative estimate of drug-likeness (QED) is 0.487. The van der Waals surface area contributed by atoms with Crippen LogP contribution < -0.4 is 4.90 Å². The number of rotatable bonds is 3. The van der Waals surface area contributed by atoms with Crippen molar-refractivity contribution in [1.29, 1.82) is 0 Å². The van der Waals surface area contributed by atoms with Crippen LogP contribution in [0.25, 0.3) is 0 Å². The van der Waals surface area contributed by atoms with E-state index in [-0.39, 0.29) is 17.9 Å². The van der Waals surface area contributed by atoms with Crippen molar-refractivity contribution in [3.8, 4) is 0 Å². The molecule has 2 aliphatic heterocycles. The minimum atomic E-state index is -0.726. The van der Waals surface area contributed by atoms with Gasteiger partial charge < -0.3 is 9.64 Å². The van der Waals surface area contributed by atoms with Crippen LogP contribution in [0.15, 0.2) is 36.4 Å². The van der Waals surface area contributed by atoms with Crippen LogP contribution in [0.4, 0.5) is 16.2 Å². The van der Waals surface area contributed by atoms with Crippen LogP contribution >= 0.6 is 11.6 Å². The molecule has 0 unspecified atom stereocenters. The second-order valence-electron chi connectivity index (χ2n) is 10.6. The van der Waals surface area contributed by atoms with Crippen molar-refractivity contribution < 1.29 is 19.1 Å². The van der Waals surface area contributed by atoms with Crippen LogP contribution in [0.5, 0.6) is 0 Å². The van der Waals surface area contributed by atoms with E-state index in [1.165, 1.54) is 0 Å². The Morgan fingerprint density at radius 1 is 1.12 bits per heavy atom. The van der Waals surface area contributed by atoms with E-state index in [4.69, 9.17) is 16.3 Å². The third-order valence-corrected chi connectivity index (χ3v) is 7.01. The second kappa shape index (κ2) is 8.73. The number of hydrogen-bond donors (Lipinski definition) is 0. The van der Waals surface area contributed by atoms with Crippen molar-refractivity contribution in [3.05, 3.63) is 58.1 Å². The predicted octanol–water partition coefficient (Wildman–Crippen LogP) is 6.22. The van der Waals surface area contributed by atoms with E-state index in [1.54, 1.807) is 28.0 Å². The molecule has 2 amide bonds. The summed E-state index contributed by atoms with van der Waals surface area (Å²) in [5.74, 6) is 0.166. The van der Waals surface area contributed by atoms with Gasteiger partial charge in [0.15, 0.2) is 6.29 Å². The number of carbonyl (C=O) groups is 3. The van der Waals surface area contributed by atoms with Gasteiger partial charge in [0.1, 0.15) is 5.60 Å². The average molecular weight is 483 g/mol. The van der Waals surface area contributed by atoms with Crippen molar-refractivity contribution in [2.24, 2.45) is 0 Å². The molecule has 0 N–H and O–H groups in total. The van der Waals surface area contributed by atoms with Gasteiger partial charge in [-0.2, -0.15) is 0 Å². The number of amides is 2. The predicted molar refractivity (Wildman–Crippen MR) is 133 cm³/mol. The summed E-state index contributed by atoms with van der Waals surface area (Å²) in [6.45, 7) is 10.6. The van der Waals surface area contributed by atoms with Crippen molar-refractivity contribution in [1.82, 2.24) is 4.90 Å². The third kappa shape index (κ3) is 4.31. The highest BCUT2D eigenvalue weighted by Gasteiger charge is 2.45. The molecule has 2 heterocycles. The van der Waals surface area contributed by atoms with Gasteiger partial charge in [0.05, 0.1) is 27.4 Å². The summed E-state index contributed by atoms with van der Waals surface area (Å²) >= 11 is 6.27. The maximum atomic E-state index is 13.5. The molecule has 2 aliphatic rings. The first-order chi connectivity index (χ1) is 15.9. The molecule has 0 saturated carbocycles. The van der Waals surface area contributed by atoms with Crippen LogP contribution in [0.3, 0.4) is 0 Å². The summed E-state index contributed by atoms with van der Waals surface area (Å²) in [7, 11) is 0. The van der Waals surface area contributed by atoms with Gasteiger partial charge in [0.2, 0.25) is 5.91 Å². The monoisotopic (exact) mass is 482 g/mol. The van der Waals surface area contributed by atoms with Gasteiger partial charge in [-0.1, -0.05) is 29.8 Å². The Kier molecular flexibility index (Phi) is 6.23. The van der Waals surface area contributed by atoms with Crippen LogP contribution in [-0.2, 0) is 14.9 Å². The number of hydrogen-bond acceptors (Lipinski definition) is 4. The summed E-state index contributed by atoms with van der Waals surface area (Å²) in [5, 5.41) is 0.317. The Morgan fingerprint density at radius 3 is 2.41 bits per heavy atom. The molecule has 0 spiro atoms. The van der Waals surface area contributed by atoms with Gasteiger partial charge in [0.25, 0.3) is 0 Å². The lowest BCUT2D eigenvalue weighted by atomic mass is 9.83. The number of anilines is 2. The first-order valence-corrected chi connectivity index (χ1v) is 12.0. The number of ether oxygens (including phenoxy) is 1. The van der Waals surface area contributed by atoms with Gasteiger partial charge in [-0.3, -0.25) is 14.5 Å². The Morgan fingerprint density at radius 2 is 1.79 bits per heavy atom. The Labute approximate surface area is 205 Å². The van der Waals surface area contributed by atoms with E-state index in [0.717, 1.165) is 29.7 Å². The topological polar surface area (TPSA) is 66.9 Å². The number of aldehydes is 1. The Balaban J connectivity index is 1.63. The standard InChI is InChI=1S/C27H31ClN2O4/c1-26(2,3)34-25(33)29-13-11-17(12-14-29)18-9-10-20-23(15-18)30(24(32)27(20,4)5)22-8-6-7-21(28)19(22)16-31/h6-10,15-17H,11-14H2,1-5H3. The molecule has 0 atom stereocenters. The zero-order valence-electron chi connectivity index (χ0n) is 20.4. The summed E-state index contributed by atoms with van der Waals surface area (Å²) in [6, 6.07) is 11.3. The molecule has 0 aliphatic carbocycles. The van der Waals surface area contributed by atoms with E-state index < -0.39 is 11.0 Å². The number of benzene rings is 2. The number of fused-ring (bicyclic) bond motifs is 1. The van der Waals surface area contributed by atoms with Crippen LogP contribution in [0, 0.1) is 0 Å². The highest BCUT2D eigenvalue weighted by Crippen LogP contribution is 2.48. The molecule has 0 radical (unpaired) electrons. The van der Waals surface area contributed by atoms with Gasteiger partial charge in [-0.05, 0) is 82.7 Å². The van der Waals surface area contributed by atoms with Gasteiger partial charge >= 0.3 is 6.09 Å². The molecule has 2 aromatic carbocycles. The summed E-state index contributed by atoms with van der Waals surface area (Å²) in [6.07, 6.45) is 2.05. The first-order valence-electron chi connectivity index (χ1n) is 11.6. The van der Waals surface area contributed by atoms with Gasteiger partial charge in [-0.25, -0.2) is 4.79 Å². The van der Waals surface area contributed by atoms with Crippen molar-refractivity contribution in [2.75, 3.05) is 18.0 Å². The smallest absolute Gasteiger partial charge is 0.410 e. The van der Waals surface area contributed by atoms with Crippen molar-refractivity contribution >= 4 is 41.3 Å². The minimum absolute atomic E-state index is 0.0928. The molecular weight excluding hydrogens is 452 g/mol. The number of carbonyl (C=O) groups excluding carboxylic acids is 3. The van der Waals surface area contributed by atoms with E-state index >= 15 is 0 Å². The number of piperidine rings is 1. The molecule has 4 rings (SSSR count). The summed E-state index contributed by atoms with van der Waals surface area (Å²) in [5.41, 5.74) is 2.38. The van der Waals surface area contributed by atoms with Crippen LogP contribution in [0.2, 0.25) is 5.02 Å². The average Bonchev–Trinajstić information content (AvgIpc) is 2.97. The molecule has 0 bridgehead atoms. The van der Waals surface area contributed by atoms with E-state index in [9.17, 15) is 14.4 Å². The zero-order valence-corrected chi connectivity index (χ0v) is 21.1. The maximum Gasteiger partial charge on any atom is 0.410 e. The Hall–Kier alpha value is -2.86. The highest BCUT2D eigenvalue weighted by atomic mass is 35.5. The molecule has 7 heteroatoms. The fourth-order valence-electron chi connectivity index (χ4n) is 4.82. The maximum absolute atomic E-state index is 13.5. The number of halogens is 1. The lowest BCUT2D eigenvalue weighted by molar-refractivity contribution is -0.121. The second-order valence-corrected chi connectivity index (χ2v) is 11.0. The molecular formula is C27H31ClN2O4. The van der Waals surface area contributed by atoms with Crippen LogP contribution in [-0.4, -0.2) is 41.9 Å². The molecule has 2 aromatic rings. The largest absolute Gasteiger partial charge is 0.444 e. The van der Waals surface area contributed by atoms with E-state index in [1.807, 2.05) is 40.7 Å². The molecule has 6 nitrogen and oxygen atoms in total. The minimum Gasteiger partial charge on any atom is -0.444 e. The van der Waals surface area contributed by atoms with Crippen molar-refractivity contribution in [3.63, 3.8) is 0 Å². The van der Waals surface area contributed by atoms with Crippen LogP contribution in [0.1, 0.15) is 74.9 Å². The zero-order chi connectivity index (χ0) is 24.8. The van der Waals surface area contributed by atoms with Gasteiger partial charge in [0, 0.05) is 13.1 Å². The molecule has 0 aromatic heterocycles. The molecule has 1 saturated heterocycles. The van der Waals surface area contributed by atoms with E-state index in [2.05, 4.69) is 12.1 Å². The lowest BCUT2D eigenvalue weighted by Gasteiger charge is -2.34. The summed E-state index contributed by atoms with van der Waals surface area (Å²) < 4.78 is 5.51. The van der Waals surface area contributed by atoms with Crippen molar-refractivity contribution in [2.45, 2.75) is 64.4 Å². The Bertz CT molecular complexity index is 1140.